The van der Waals surface area contributed by atoms with Crippen LogP contribution in [0.4, 0.5) is 0 Å². The van der Waals surface area contributed by atoms with Crippen molar-refractivity contribution in [2.45, 2.75) is 26.9 Å². The van der Waals surface area contributed by atoms with Crippen molar-refractivity contribution in [3.05, 3.63) is 0 Å². The number of ether oxygens (including phenoxy) is 6. The zero-order chi connectivity index (χ0) is 16.5. The van der Waals surface area contributed by atoms with E-state index in [1.54, 1.807) is 0 Å². The topological polar surface area (TPSA) is 72.5 Å². The SMILES string of the molecule is CC(=O)OCCOCCOCCOCCOCCOC(C)C. The zero-order valence-corrected chi connectivity index (χ0v) is 14.0. The van der Waals surface area contributed by atoms with Crippen LogP contribution in [0.1, 0.15) is 20.8 Å². The average molecular weight is 322 g/mol. The van der Waals surface area contributed by atoms with Crippen LogP contribution in [0.5, 0.6) is 0 Å². The van der Waals surface area contributed by atoms with Crippen molar-refractivity contribution in [2.24, 2.45) is 0 Å². The van der Waals surface area contributed by atoms with Crippen molar-refractivity contribution < 1.29 is 33.2 Å². The molecule has 0 aromatic rings. The van der Waals surface area contributed by atoms with Gasteiger partial charge in [0.2, 0.25) is 0 Å². The summed E-state index contributed by atoms with van der Waals surface area (Å²) >= 11 is 0. The van der Waals surface area contributed by atoms with Crippen LogP contribution in [-0.2, 0) is 33.2 Å². The lowest BCUT2D eigenvalue weighted by Gasteiger charge is -2.09. The molecule has 7 heteroatoms. The summed E-state index contributed by atoms with van der Waals surface area (Å²) in [6.07, 6.45) is 0.239. The van der Waals surface area contributed by atoms with Crippen LogP contribution < -0.4 is 0 Å². The van der Waals surface area contributed by atoms with Crippen LogP contribution in [0.25, 0.3) is 0 Å². The smallest absolute Gasteiger partial charge is 0.302 e. The Morgan fingerprint density at radius 3 is 1.41 bits per heavy atom. The van der Waals surface area contributed by atoms with Crippen molar-refractivity contribution in [1.29, 1.82) is 0 Å². The fourth-order valence-corrected chi connectivity index (χ4v) is 1.35. The van der Waals surface area contributed by atoms with Crippen LogP contribution in [0, 0.1) is 0 Å². The highest BCUT2D eigenvalue weighted by Crippen LogP contribution is 1.88. The van der Waals surface area contributed by atoms with Crippen LogP contribution in [0.2, 0.25) is 0 Å². The summed E-state index contributed by atoms with van der Waals surface area (Å²) < 4.78 is 31.3. The summed E-state index contributed by atoms with van der Waals surface area (Å²) in [7, 11) is 0. The maximum absolute atomic E-state index is 10.5. The van der Waals surface area contributed by atoms with E-state index in [2.05, 4.69) is 0 Å². The third-order valence-corrected chi connectivity index (χ3v) is 2.33. The molecule has 0 aromatic heterocycles. The minimum absolute atomic E-state index is 0.239. The molecular formula is C15H30O7. The molecule has 0 saturated carbocycles. The van der Waals surface area contributed by atoms with E-state index < -0.39 is 0 Å². The third kappa shape index (κ3) is 19.3. The summed E-state index contributed by atoms with van der Waals surface area (Å²) in [6, 6.07) is 0. The Kier molecular flexibility index (Phi) is 16.1. The first-order valence-electron chi connectivity index (χ1n) is 7.69. The lowest BCUT2D eigenvalue weighted by molar-refractivity contribution is -0.142. The average Bonchev–Trinajstić information content (AvgIpc) is 2.46. The van der Waals surface area contributed by atoms with Gasteiger partial charge in [-0.1, -0.05) is 0 Å². The highest BCUT2D eigenvalue weighted by atomic mass is 16.6. The first-order chi connectivity index (χ1) is 10.6. The van der Waals surface area contributed by atoms with E-state index >= 15 is 0 Å². The van der Waals surface area contributed by atoms with Crippen LogP contribution >= 0.6 is 0 Å². The van der Waals surface area contributed by atoms with Crippen molar-refractivity contribution >= 4 is 5.97 Å². The molecule has 0 radical (unpaired) electrons. The minimum Gasteiger partial charge on any atom is -0.463 e. The van der Waals surface area contributed by atoms with Gasteiger partial charge < -0.3 is 28.4 Å². The van der Waals surface area contributed by atoms with E-state index in [0.29, 0.717) is 59.5 Å². The molecule has 132 valence electrons. The summed E-state index contributed by atoms with van der Waals surface area (Å²) in [5.41, 5.74) is 0. The molecule has 0 spiro atoms. The van der Waals surface area contributed by atoms with Gasteiger partial charge in [0, 0.05) is 6.92 Å². The number of esters is 1. The molecule has 0 bridgehead atoms. The van der Waals surface area contributed by atoms with E-state index in [9.17, 15) is 4.79 Å². The van der Waals surface area contributed by atoms with Gasteiger partial charge in [-0.25, -0.2) is 0 Å². The number of hydrogen-bond donors (Lipinski definition) is 0. The molecule has 0 aliphatic rings. The van der Waals surface area contributed by atoms with E-state index in [1.165, 1.54) is 6.92 Å². The van der Waals surface area contributed by atoms with Crippen LogP contribution in [-0.4, -0.2) is 78.1 Å². The number of rotatable bonds is 16. The Hall–Kier alpha value is -0.730. The molecule has 0 aromatic carbocycles. The van der Waals surface area contributed by atoms with E-state index in [1.807, 2.05) is 13.8 Å². The molecular weight excluding hydrogens is 292 g/mol. The normalized spacial score (nSPS) is 11.1. The molecule has 0 saturated heterocycles. The van der Waals surface area contributed by atoms with Gasteiger partial charge >= 0.3 is 5.97 Å². The highest BCUT2D eigenvalue weighted by molar-refractivity contribution is 5.65. The van der Waals surface area contributed by atoms with Gasteiger partial charge in [-0.05, 0) is 13.8 Å². The van der Waals surface area contributed by atoms with E-state index in [-0.39, 0.29) is 18.7 Å². The lowest BCUT2D eigenvalue weighted by Crippen LogP contribution is -2.15. The van der Waals surface area contributed by atoms with Gasteiger partial charge in [0.05, 0.1) is 65.6 Å². The number of carbonyl (C=O) groups excluding carboxylic acids is 1. The predicted octanol–water partition coefficient (Wildman–Crippen LogP) is 1.04. The molecule has 0 fully saturated rings. The van der Waals surface area contributed by atoms with Gasteiger partial charge in [-0.15, -0.1) is 0 Å². The highest BCUT2D eigenvalue weighted by Gasteiger charge is 1.95. The minimum atomic E-state index is -0.298. The fraction of sp³-hybridized carbons (Fsp3) is 0.933. The molecule has 0 N–H and O–H groups in total. The number of hydrogen-bond acceptors (Lipinski definition) is 7. The van der Waals surface area contributed by atoms with E-state index in [4.69, 9.17) is 28.4 Å². The van der Waals surface area contributed by atoms with Gasteiger partial charge in [0.25, 0.3) is 0 Å². The fourth-order valence-electron chi connectivity index (χ4n) is 1.35. The van der Waals surface area contributed by atoms with E-state index in [0.717, 1.165) is 0 Å². The monoisotopic (exact) mass is 322 g/mol. The summed E-state index contributed by atoms with van der Waals surface area (Å²) in [6.45, 7) is 10.3. The van der Waals surface area contributed by atoms with Crippen molar-refractivity contribution in [1.82, 2.24) is 0 Å². The molecule has 0 rings (SSSR count). The summed E-state index contributed by atoms with van der Waals surface area (Å²) in [5.74, 6) is -0.298. The maximum Gasteiger partial charge on any atom is 0.302 e. The second-order valence-electron chi connectivity index (χ2n) is 4.71. The van der Waals surface area contributed by atoms with Crippen molar-refractivity contribution in [2.75, 3.05) is 66.1 Å². The number of carbonyl (C=O) groups is 1. The summed E-state index contributed by atoms with van der Waals surface area (Å²) in [4.78, 5) is 10.5. The Morgan fingerprint density at radius 1 is 0.682 bits per heavy atom. The maximum atomic E-state index is 10.5. The summed E-state index contributed by atoms with van der Waals surface area (Å²) in [5, 5.41) is 0. The first kappa shape index (κ1) is 21.3. The second-order valence-corrected chi connectivity index (χ2v) is 4.71. The Balaban J connectivity index is 2.98. The van der Waals surface area contributed by atoms with Crippen molar-refractivity contribution in [3.8, 4) is 0 Å². The first-order valence-corrected chi connectivity index (χ1v) is 7.69. The Morgan fingerprint density at radius 2 is 1.05 bits per heavy atom. The van der Waals surface area contributed by atoms with Gasteiger partial charge in [0.1, 0.15) is 6.61 Å². The second kappa shape index (κ2) is 16.6. The largest absolute Gasteiger partial charge is 0.463 e. The standard InChI is InChI=1S/C15H30O7/c1-14(2)21-12-10-19-8-6-17-4-5-18-7-9-20-11-13-22-15(3)16/h14H,4-13H2,1-3H3. The van der Waals surface area contributed by atoms with Gasteiger partial charge in [-0.3, -0.25) is 4.79 Å². The Bertz CT molecular complexity index is 246. The molecule has 0 unspecified atom stereocenters. The molecule has 22 heavy (non-hydrogen) atoms. The quantitative estimate of drug-likeness (QED) is 0.310. The van der Waals surface area contributed by atoms with Crippen LogP contribution in [0.15, 0.2) is 0 Å². The molecule has 7 nitrogen and oxygen atoms in total. The van der Waals surface area contributed by atoms with Crippen LogP contribution in [0.3, 0.4) is 0 Å². The molecule has 0 atom stereocenters. The van der Waals surface area contributed by atoms with Crippen molar-refractivity contribution in [3.63, 3.8) is 0 Å². The van der Waals surface area contributed by atoms with Gasteiger partial charge in [0.15, 0.2) is 0 Å². The predicted molar refractivity (Wildman–Crippen MR) is 81.0 cm³/mol. The Labute approximate surface area is 133 Å². The molecule has 0 aliphatic heterocycles. The third-order valence-electron chi connectivity index (χ3n) is 2.33. The lowest BCUT2D eigenvalue weighted by atomic mass is 10.5. The molecule has 0 aliphatic carbocycles. The van der Waals surface area contributed by atoms with Gasteiger partial charge in [-0.2, -0.15) is 0 Å². The zero-order valence-electron chi connectivity index (χ0n) is 14.0. The molecule has 0 amide bonds. The molecule has 0 heterocycles.